The molecule has 0 spiro atoms. The van der Waals surface area contributed by atoms with Crippen LogP contribution in [-0.2, 0) is 25.6 Å². The number of fused-ring (bicyclic) bond motifs is 3. The summed E-state index contributed by atoms with van der Waals surface area (Å²) in [6, 6.07) is 12.4. The van der Waals surface area contributed by atoms with E-state index in [0.29, 0.717) is 13.2 Å². The smallest absolute Gasteiger partial charge is 0.264 e. The molecular formula is C17H17Br2NO4S. The zero-order chi connectivity index (χ0) is 18.0. The van der Waals surface area contributed by atoms with Gasteiger partial charge in [0.15, 0.2) is 0 Å². The SMILES string of the molecule is CS(=O)(=O)OCCOCCn1c2ccc(Br)cc2c2cc(Br)ccc21. The molecular weight excluding hydrogens is 474 g/mol. The highest BCUT2D eigenvalue weighted by Crippen LogP contribution is 2.32. The van der Waals surface area contributed by atoms with E-state index in [1.54, 1.807) is 0 Å². The number of hydrogen-bond acceptors (Lipinski definition) is 4. The van der Waals surface area contributed by atoms with Gasteiger partial charge in [-0.25, -0.2) is 0 Å². The van der Waals surface area contributed by atoms with E-state index in [2.05, 4.69) is 64.9 Å². The lowest BCUT2D eigenvalue weighted by molar-refractivity contribution is 0.0976. The predicted octanol–water partition coefficient (Wildman–Crippen LogP) is 4.31. The van der Waals surface area contributed by atoms with Crippen LogP contribution in [-0.4, -0.2) is 39.1 Å². The first kappa shape index (κ1) is 18.8. The van der Waals surface area contributed by atoms with Gasteiger partial charge in [-0.05, 0) is 36.4 Å². The van der Waals surface area contributed by atoms with Gasteiger partial charge in [0.1, 0.15) is 0 Å². The van der Waals surface area contributed by atoms with Gasteiger partial charge in [-0.3, -0.25) is 4.18 Å². The Hall–Kier alpha value is -0.930. The van der Waals surface area contributed by atoms with Gasteiger partial charge in [0.05, 0.1) is 26.1 Å². The normalized spacial score (nSPS) is 12.3. The van der Waals surface area contributed by atoms with Crippen LogP contribution in [0, 0.1) is 0 Å². The number of halogens is 2. The van der Waals surface area contributed by atoms with Crippen molar-refractivity contribution in [2.24, 2.45) is 0 Å². The Morgan fingerprint density at radius 2 is 1.48 bits per heavy atom. The largest absolute Gasteiger partial charge is 0.377 e. The molecule has 0 N–H and O–H groups in total. The summed E-state index contributed by atoms with van der Waals surface area (Å²) in [5, 5.41) is 2.34. The van der Waals surface area contributed by atoms with Crippen LogP contribution in [0.25, 0.3) is 21.8 Å². The molecule has 0 bridgehead atoms. The van der Waals surface area contributed by atoms with Crippen molar-refractivity contribution in [2.45, 2.75) is 6.54 Å². The third kappa shape index (κ3) is 4.62. The molecule has 134 valence electrons. The van der Waals surface area contributed by atoms with Crippen molar-refractivity contribution < 1.29 is 17.3 Å². The van der Waals surface area contributed by atoms with Gasteiger partial charge in [0.25, 0.3) is 10.1 Å². The molecule has 0 fully saturated rings. The molecule has 0 saturated carbocycles. The van der Waals surface area contributed by atoms with Crippen LogP contribution in [0.15, 0.2) is 45.3 Å². The van der Waals surface area contributed by atoms with Crippen molar-refractivity contribution in [1.82, 2.24) is 4.57 Å². The minimum absolute atomic E-state index is 0.0336. The van der Waals surface area contributed by atoms with Crippen molar-refractivity contribution in [3.63, 3.8) is 0 Å². The quantitative estimate of drug-likeness (QED) is 0.365. The lowest BCUT2D eigenvalue weighted by Gasteiger charge is -2.09. The van der Waals surface area contributed by atoms with E-state index in [4.69, 9.17) is 4.74 Å². The zero-order valence-corrected chi connectivity index (χ0v) is 17.5. The molecule has 2 aromatic carbocycles. The Morgan fingerprint density at radius 3 is 2.00 bits per heavy atom. The fourth-order valence-corrected chi connectivity index (χ4v) is 3.88. The van der Waals surface area contributed by atoms with Gasteiger partial charge in [-0.2, -0.15) is 8.42 Å². The fraction of sp³-hybridized carbons (Fsp3) is 0.294. The van der Waals surface area contributed by atoms with Crippen molar-refractivity contribution >= 4 is 63.8 Å². The van der Waals surface area contributed by atoms with E-state index in [0.717, 1.165) is 26.2 Å². The molecule has 5 nitrogen and oxygen atoms in total. The van der Waals surface area contributed by atoms with Crippen LogP contribution in [0.3, 0.4) is 0 Å². The van der Waals surface area contributed by atoms with Gasteiger partial charge in [0.2, 0.25) is 0 Å². The molecule has 0 atom stereocenters. The van der Waals surface area contributed by atoms with Gasteiger partial charge in [-0.1, -0.05) is 31.9 Å². The number of benzene rings is 2. The van der Waals surface area contributed by atoms with E-state index in [-0.39, 0.29) is 13.2 Å². The lowest BCUT2D eigenvalue weighted by Crippen LogP contribution is -2.12. The molecule has 8 heteroatoms. The minimum atomic E-state index is -3.41. The van der Waals surface area contributed by atoms with Crippen molar-refractivity contribution in [1.29, 1.82) is 0 Å². The second-order valence-electron chi connectivity index (χ2n) is 5.61. The Morgan fingerprint density at radius 1 is 0.920 bits per heavy atom. The summed E-state index contributed by atoms with van der Waals surface area (Å²) >= 11 is 7.07. The maximum absolute atomic E-state index is 10.9. The molecule has 0 amide bonds. The van der Waals surface area contributed by atoms with Crippen LogP contribution in [0.5, 0.6) is 0 Å². The Labute approximate surface area is 163 Å². The summed E-state index contributed by atoms with van der Waals surface area (Å²) in [6.07, 6.45) is 1.03. The van der Waals surface area contributed by atoms with Crippen LogP contribution < -0.4 is 0 Å². The van der Waals surface area contributed by atoms with E-state index < -0.39 is 10.1 Å². The second kappa shape index (κ2) is 7.75. The summed E-state index contributed by atoms with van der Waals surface area (Å²) < 4.78 is 36.3. The maximum Gasteiger partial charge on any atom is 0.264 e. The summed E-state index contributed by atoms with van der Waals surface area (Å²) in [5.41, 5.74) is 2.26. The number of aromatic nitrogens is 1. The summed E-state index contributed by atoms with van der Waals surface area (Å²) in [4.78, 5) is 0. The molecule has 0 saturated heterocycles. The Balaban J connectivity index is 1.78. The van der Waals surface area contributed by atoms with Crippen LogP contribution in [0.2, 0.25) is 0 Å². The lowest BCUT2D eigenvalue weighted by atomic mass is 10.2. The zero-order valence-electron chi connectivity index (χ0n) is 13.5. The number of ether oxygens (including phenoxy) is 1. The van der Waals surface area contributed by atoms with Crippen LogP contribution in [0.4, 0.5) is 0 Å². The molecule has 0 aliphatic carbocycles. The number of rotatable bonds is 7. The van der Waals surface area contributed by atoms with E-state index in [9.17, 15) is 8.42 Å². The second-order valence-corrected chi connectivity index (χ2v) is 9.09. The van der Waals surface area contributed by atoms with Gasteiger partial charge in [-0.15, -0.1) is 0 Å². The van der Waals surface area contributed by atoms with Crippen molar-refractivity contribution in [2.75, 3.05) is 26.1 Å². The maximum atomic E-state index is 10.9. The molecule has 1 aromatic heterocycles. The topological polar surface area (TPSA) is 57.5 Å². The molecule has 0 aliphatic heterocycles. The predicted molar refractivity (Wildman–Crippen MR) is 106 cm³/mol. The summed E-state index contributed by atoms with van der Waals surface area (Å²) in [7, 11) is -3.41. The molecule has 0 unspecified atom stereocenters. The molecule has 0 aliphatic rings. The standard InChI is InChI=1S/C17H17Br2NO4S/c1-25(21,22)24-9-8-23-7-6-20-16-4-2-12(18)10-14(16)15-11-13(19)3-5-17(15)20/h2-5,10-11H,6-9H2,1H3. The third-order valence-electron chi connectivity index (χ3n) is 3.77. The number of hydrogen-bond donors (Lipinski definition) is 0. The average Bonchev–Trinajstić information content (AvgIpc) is 2.82. The van der Waals surface area contributed by atoms with Gasteiger partial charge >= 0.3 is 0 Å². The van der Waals surface area contributed by atoms with E-state index in [1.807, 2.05) is 12.1 Å². The van der Waals surface area contributed by atoms with Gasteiger partial charge in [0, 0.05) is 37.3 Å². The minimum Gasteiger partial charge on any atom is -0.377 e. The third-order valence-corrected chi connectivity index (χ3v) is 5.35. The first-order valence-corrected chi connectivity index (χ1v) is 11.0. The summed E-state index contributed by atoms with van der Waals surface area (Å²) in [6.45, 7) is 1.41. The van der Waals surface area contributed by atoms with E-state index >= 15 is 0 Å². The highest BCUT2D eigenvalue weighted by atomic mass is 79.9. The molecule has 3 aromatic rings. The van der Waals surface area contributed by atoms with E-state index in [1.165, 1.54) is 10.8 Å². The molecule has 1 heterocycles. The van der Waals surface area contributed by atoms with Crippen molar-refractivity contribution in [3.8, 4) is 0 Å². The van der Waals surface area contributed by atoms with Gasteiger partial charge < -0.3 is 9.30 Å². The fourth-order valence-electron chi connectivity index (χ4n) is 2.79. The molecule has 0 radical (unpaired) electrons. The first-order chi connectivity index (χ1) is 11.8. The van der Waals surface area contributed by atoms with Crippen molar-refractivity contribution in [3.05, 3.63) is 45.3 Å². The summed E-state index contributed by atoms with van der Waals surface area (Å²) in [5.74, 6) is 0. The molecule has 25 heavy (non-hydrogen) atoms. The van der Waals surface area contributed by atoms with Crippen LogP contribution in [0.1, 0.15) is 0 Å². The number of nitrogens with zero attached hydrogens (tertiary/aromatic N) is 1. The highest BCUT2D eigenvalue weighted by molar-refractivity contribution is 9.10. The Bertz CT molecular complexity index is 955. The van der Waals surface area contributed by atoms with Crippen LogP contribution >= 0.6 is 31.9 Å². The highest BCUT2D eigenvalue weighted by Gasteiger charge is 2.11. The molecule has 3 rings (SSSR count). The Kier molecular flexibility index (Phi) is 5.85. The average molecular weight is 491 g/mol. The first-order valence-electron chi connectivity index (χ1n) is 7.64. The monoisotopic (exact) mass is 489 g/mol.